The van der Waals surface area contributed by atoms with Gasteiger partial charge in [-0.2, -0.15) is 0 Å². The van der Waals surface area contributed by atoms with Crippen LogP contribution in [-0.2, 0) is 6.54 Å². The SMILES string of the molecule is NCc1c[nH]c(I)c(C(F)F)c1=O. The fourth-order valence-corrected chi connectivity index (χ4v) is 1.55. The van der Waals surface area contributed by atoms with Crippen LogP contribution in [0.5, 0.6) is 0 Å². The summed E-state index contributed by atoms with van der Waals surface area (Å²) in [6.45, 7) is -0.0357. The van der Waals surface area contributed by atoms with Crippen LogP contribution in [0, 0.1) is 3.70 Å². The average Bonchev–Trinajstić information content (AvgIpc) is 2.04. The maximum Gasteiger partial charge on any atom is 0.270 e. The molecule has 0 spiro atoms. The van der Waals surface area contributed by atoms with Crippen molar-refractivity contribution in [2.24, 2.45) is 5.73 Å². The van der Waals surface area contributed by atoms with Crippen LogP contribution < -0.4 is 11.2 Å². The van der Waals surface area contributed by atoms with Crippen LogP contribution in [0.1, 0.15) is 17.6 Å². The maximum absolute atomic E-state index is 12.3. The number of hydrogen-bond acceptors (Lipinski definition) is 2. The van der Waals surface area contributed by atoms with Crippen LogP contribution >= 0.6 is 22.6 Å². The van der Waals surface area contributed by atoms with E-state index in [2.05, 4.69) is 4.98 Å². The number of nitrogens with one attached hydrogen (secondary N) is 1. The summed E-state index contributed by atoms with van der Waals surface area (Å²) in [7, 11) is 0. The molecular formula is C7H7F2IN2O. The molecule has 1 rings (SSSR count). The highest BCUT2D eigenvalue weighted by Crippen LogP contribution is 2.19. The molecule has 0 aliphatic rings. The lowest BCUT2D eigenvalue weighted by molar-refractivity contribution is 0.148. The van der Waals surface area contributed by atoms with Gasteiger partial charge in [0.1, 0.15) is 0 Å². The molecule has 0 aliphatic carbocycles. The van der Waals surface area contributed by atoms with E-state index >= 15 is 0 Å². The van der Waals surface area contributed by atoms with Gasteiger partial charge in [0.25, 0.3) is 6.43 Å². The monoisotopic (exact) mass is 300 g/mol. The Morgan fingerprint density at radius 3 is 2.69 bits per heavy atom. The van der Waals surface area contributed by atoms with E-state index in [4.69, 9.17) is 5.73 Å². The summed E-state index contributed by atoms with van der Waals surface area (Å²) in [5.41, 5.74) is 4.22. The Labute approximate surface area is 86.5 Å². The molecular weight excluding hydrogens is 293 g/mol. The zero-order valence-corrected chi connectivity index (χ0v) is 8.64. The summed E-state index contributed by atoms with van der Waals surface area (Å²) in [5.74, 6) is 0. The van der Waals surface area contributed by atoms with E-state index in [1.54, 1.807) is 22.6 Å². The normalized spacial score (nSPS) is 10.8. The molecule has 0 fully saturated rings. The van der Waals surface area contributed by atoms with E-state index in [-0.39, 0.29) is 15.8 Å². The van der Waals surface area contributed by atoms with E-state index in [9.17, 15) is 13.6 Å². The van der Waals surface area contributed by atoms with Crippen LogP contribution in [0.25, 0.3) is 0 Å². The molecule has 13 heavy (non-hydrogen) atoms. The van der Waals surface area contributed by atoms with Crippen molar-refractivity contribution in [1.82, 2.24) is 4.98 Å². The summed E-state index contributed by atoms with van der Waals surface area (Å²) in [6.07, 6.45) is -1.40. The summed E-state index contributed by atoms with van der Waals surface area (Å²) in [4.78, 5) is 13.8. The summed E-state index contributed by atoms with van der Waals surface area (Å²) < 4.78 is 24.8. The first kappa shape index (κ1) is 10.6. The van der Waals surface area contributed by atoms with Gasteiger partial charge in [-0.15, -0.1) is 0 Å². The van der Waals surface area contributed by atoms with Crippen molar-refractivity contribution in [2.75, 3.05) is 0 Å². The Kier molecular flexibility index (Phi) is 3.37. The molecule has 0 unspecified atom stereocenters. The second kappa shape index (κ2) is 4.14. The smallest absolute Gasteiger partial charge is 0.270 e. The average molecular weight is 300 g/mol. The largest absolute Gasteiger partial charge is 0.356 e. The molecule has 0 aliphatic heterocycles. The second-order valence-corrected chi connectivity index (χ2v) is 3.45. The Morgan fingerprint density at radius 2 is 2.23 bits per heavy atom. The third-order valence-corrected chi connectivity index (χ3v) is 2.48. The molecule has 1 aromatic rings. The topological polar surface area (TPSA) is 58.9 Å². The molecule has 0 bridgehead atoms. The van der Waals surface area contributed by atoms with Gasteiger partial charge in [0, 0.05) is 18.3 Å². The van der Waals surface area contributed by atoms with Crippen LogP contribution in [-0.4, -0.2) is 4.98 Å². The predicted molar refractivity (Wildman–Crippen MR) is 52.6 cm³/mol. The van der Waals surface area contributed by atoms with Gasteiger partial charge in [0.05, 0.1) is 9.26 Å². The first-order valence-corrected chi connectivity index (χ1v) is 4.54. The minimum Gasteiger partial charge on any atom is -0.356 e. The van der Waals surface area contributed by atoms with Gasteiger partial charge in [-0.05, 0) is 22.6 Å². The molecule has 0 radical (unpaired) electrons. The fourth-order valence-electron chi connectivity index (χ4n) is 0.913. The van der Waals surface area contributed by atoms with Crippen molar-refractivity contribution in [3.63, 3.8) is 0 Å². The van der Waals surface area contributed by atoms with Gasteiger partial charge >= 0.3 is 0 Å². The van der Waals surface area contributed by atoms with E-state index < -0.39 is 17.4 Å². The Balaban J connectivity index is 3.39. The molecule has 1 heterocycles. The highest BCUT2D eigenvalue weighted by molar-refractivity contribution is 14.1. The fraction of sp³-hybridized carbons (Fsp3) is 0.286. The van der Waals surface area contributed by atoms with Crippen molar-refractivity contribution in [3.05, 3.63) is 31.2 Å². The summed E-state index contributed by atoms with van der Waals surface area (Å²) in [5, 5.41) is 0. The number of rotatable bonds is 2. The van der Waals surface area contributed by atoms with Gasteiger partial charge in [-0.3, -0.25) is 4.79 Å². The molecule has 0 saturated heterocycles. The van der Waals surface area contributed by atoms with Crippen LogP contribution in [0.15, 0.2) is 11.0 Å². The minimum absolute atomic E-state index is 0.0357. The first-order chi connectivity index (χ1) is 6.07. The van der Waals surface area contributed by atoms with Gasteiger partial charge in [-0.25, -0.2) is 8.78 Å². The second-order valence-electron chi connectivity index (χ2n) is 2.38. The summed E-state index contributed by atoms with van der Waals surface area (Å²) >= 11 is 1.66. The van der Waals surface area contributed by atoms with Crippen molar-refractivity contribution in [2.45, 2.75) is 13.0 Å². The summed E-state index contributed by atoms with van der Waals surface area (Å²) in [6, 6.07) is 0. The van der Waals surface area contributed by atoms with E-state index in [0.29, 0.717) is 0 Å². The molecule has 0 saturated carbocycles. The number of hydrogen-bond donors (Lipinski definition) is 2. The maximum atomic E-state index is 12.3. The number of alkyl halides is 2. The predicted octanol–water partition coefficient (Wildman–Crippen LogP) is 1.38. The van der Waals surface area contributed by atoms with Crippen LogP contribution in [0.3, 0.4) is 0 Å². The zero-order valence-electron chi connectivity index (χ0n) is 6.48. The van der Waals surface area contributed by atoms with Gasteiger partial charge in [-0.1, -0.05) is 0 Å². The lowest BCUT2D eigenvalue weighted by atomic mass is 10.2. The molecule has 3 N–H and O–H groups in total. The van der Waals surface area contributed by atoms with Crippen LogP contribution in [0.2, 0.25) is 0 Å². The number of H-pyrrole nitrogens is 1. The molecule has 72 valence electrons. The molecule has 0 atom stereocenters. The van der Waals surface area contributed by atoms with E-state index in [1.807, 2.05) is 0 Å². The lowest BCUT2D eigenvalue weighted by Crippen LogP contribution is -2.20. The van der Waals surface area contributed by atoms with Crippen molar-refractivity contribution >= 4 is 22.6 Å². The Morgan fingerprint density at radius 1 is 1.62 bits per heavy atom. The van der Waals surface area contributed by atoms with Crippen molar-refractivity contribution < 1.29 is 8.78 Å². The molecule has 0 aromatic carbocycles. The van der Waals surface area contributed by atoms with E-state index in [1.165, 1.54) is 6.20 Å². The molecule has 1 aromatic heterocycles. The van der Waals surface area contributed by atoms with E-state index in [0.717, 1.165) is 0 Å². The quantitative estimate of drug-likeness (QED) is 0.640. The number of pyridine rings is 1. The first-order valence-electron chi connectivity index (χ1n) is 3.46. The highest BCUT2D eigenvalue weighted by Gasteiger charge is 2.17. The molecule has 6 heteroatoms. The van der Waals surface area contributed by atoms with Crippen molar-refractivity contribution in [1.29, 1.82) is 0 Å². The highest BCUT2D eigenvalue weighted by atomic mass is 127. The third-order valence-electron chi connectivity index (χ3n) is 1.58. The number of aromatic amines is 1. The Hall–Kier alpha value is -0.500. The molecule has 3 nitrogen and oxygen atoms in total. The van der Waals surface area contributed by atoms with Crippen LogP contribution in [0.4, 0.5) is 8.78 Å². The van der Waals surface area contributed by atoms with Crippen molar-refractivity contribution in [3.8, 4) is 0 Å². The molecule has 0 amide bonds. The third kappa shape index (κ3) is 2.05. The number of nitrogens with two attached hydrogens (primary N) is 1. The van der Waals surface area contributed by atoms with Gasteiger partial charge in [0.15, 0.2) is 5.43 Å². The number of aromatic nitrogens is 1. The minimum atomic E-state index is -2.76. The number of halogens is 3. The Bertz CT molecular complexity index is 364. The lowest BCUT2D eigenvalue weighted by Gasteiger charge is -2.04. The standard InChI is InChI=1S/C7H7F2IN2O/c8-6(9)4-5(13)3(1-11)2-12-7(4)10/h2,6H,1,11H2,(H,12,13). The van der Waals surface area contributed by atoms with Gasteiger partial charge < -0.3 is 10.7 Å². The van der Waals surface area contributed by atoms with Gasteiger partial charge in [0.2, 0.25) is 0 Å². The zero-order chi connectivity index (χ0) is 10.0.